The van der Waals surface area contributed by atoms with Gasteiger partial charge in [-0.05, 0) is 12.1 Å². The van der Waals surface area contributed by atoms with Crippen LogP contribution >= 0.6 is 0 Å². The lowest BCUT2D eigenvalue weighted by molar-refractivity contribution is 0.104. The SMILES string of the molecule is O=C1C2=CC=NC2=Nc2cnccc21. The number of amidine groups is 1. The first kappa shape index (κ1) is 7.32. The molecule has 1 aromatic rings. The number of hydrogen-bond donors (Lipinski definition) is 0. The zero-order valence-corrected chi connectivity index (χ0v) is 7.14. The molecule has 0 saturated carbocycles. The van der Waals surface area contributed by atoms with Crippen molar-refractivity contribution in [1.29, 1.82) is 0 Å². The van der Waals surface area contributed by atoms with Gasteiger partial charge in [-0.1, -0.05) is 0 Å². The van der Waals surface area contributed by atoms with Gasteiger partial charge in [0.1, 0.15) is 0 Å². The number of carbonyl (C=O) groups excluding carboxylic acids is 1. The highest BCUT2D eigenvalue weighted by molar-refractivity contribution is 6.35. The second-order valence-corrected chi connectivity index (χ2v) is 3.02. The predicted molar refractivity (Wildman–Crippen MR) is 52.2 cm³/mol. The van der Waals surface area contributed by atoms with E-state index in [2.05, 4.69) is 15.0 Å². The highest BCUT2D eigenvalue weighted by Crippen LogP contribution is 2.28. The van der Waals surface area contributed by atoms with E-state index in [0.29, 0.717) is 22.7 Å². The van der Waals surface area contributed by atoms with E-state index < -0.39 is 0 Å². The van der Waals surface area contributed by atoms with Crippen LogP contribution in [0.15, 0.2) is 40.1 Å². The van der Waals surface area contributed by atoms with E-state index in [1.165, 1.54) is 0 Å². The van der Waals surface area contributed by atoms with Crippen LogP contribution in [0, 0.1) is 0 Å². The number of carbonyl (C=O) groups is 1. The summed E-state index contributed by atoms with van der Waals surface area (Å²) in [6.07, 6.45) is 6.44. The van der Waals surface area contributed by atoms with Gasteiger partial charge >= 0.3 is 0 Å². The second kappa shape index (κ2) is 2.45. The summed E-state index contributed by atoms with van der Waals surface area (Å²) in [5.41, 5.74) is 1.77. The molecule has 3 heterocycles. The molecular formula is C10H5N3O. The molecule has 0 fully saturated rings. The number of rotatable bonds is 0. The van der Waals surface area contributed by atoms with Crippen molar-refractivity contribution in [3.05, 3.63) is 35.7 Å². The minimum Gasteiger partial charge on any atom is -0.288 e. The summed E-state index contributed by atoms with van der Waals surface area (Å²) >= 11 is 0. The molecule has 0 bridgehead atoms. The monoisotopic (exact) mass is 183 g/mol. The van der Waals surface area contributed by atoms with Crippen molar-refractivity contribution in [3.63, 3.8) is 0 Å². The van der Waals surface area contributed by atoms with Gasteiger partial charge in [-0.3, -0.25) is 9.78 Å². The van der Waals surface area contributed by atoms with Gasteiger partial charge < -0.3 is 0 Å². The Bertz CT molecular complexity index is 526. The number of pyridine rings is 1. The van der Waals surface area contributed by atoms with Gasteiger partial charge in [-0.2, -0.15) is 0 Å². The van der Waals surface area contributed by atoms with Crippen molar-refractivity contribution in [1.82, 2.24) is 4.98 Å². The largest absolute Gasteiger partial charge is 0.288 e. The van der Waals surface area contributed by atoms with Crippen molar-refractivity contribution in [3.8, 4) is 0 Å². The molecule has 66 valence electrons. The van der Waals surface area contributed by atoms with Gasteiger partial charge in [0, 0.05) is 12.4 Å². The molecule has 0 N–H and O–H groups in total. The average molecular weight is 183 g/mol. The van der Waals surface area contributed by atoms with Crippen LogP contribution in [0.2, 0.25) is 0 Å². The topological polar surface area (TPSA) is 54.7 Å². The maximum Gasteiger partial charge on any atom is 0.199 e. The maximum absolute atomic E-state index is 11.8. The molecule has 3 rings (SSSR count). The van der Waals surface area contributed by atoms with Crippen LogP contribution in [0.4, 0.5) is 5.69 Å². The van der Waals surface area contributed by atoms with Crippen LogP contribution in [0.5, 0.6) is 0 Å². The van der Waals surface area contributed by atoms with Gasteiger partial charge in [0.15, 0.2) is 11.6 Å². The number of Topliss-reactive ketones (excluding diaryl/α,β-unsaturated/α-hetero) is 1. The lowest BCUT2D eigenvalue weighted by Crippen LogP contribution is -2.13. The van der Waals surface area contributed by atoms with Crippen LogP contribution in [0.25, 0.3) is 0 Å². The van der Waals surface area contributed by atoms with Crippen molar-refractivity contribution in [2.75, 3.05) is 0 Å². The number of fused-ring (bicyclic) bond motifs is 2. The first-order valence-electron chi connectivity index (χ1n) is 4.18. The molecular weight excluding hydrogens is 178 g/mol. The number of allylic oxidation sites excluding steroid dienone is 1. The summed E-state index contributed by atoms with van der Waals surface area (Å²) in [7, 11) is 0. The fraction of sp³-hybridized carbons (Fsp3) is 0. The van der Waals surface area contributed by atoms with Gasteiger partial charge in [-0.25, -0.2) is 9.98 Å². The molecule has 0 aliphatic carbocycles. The van der Waals surface area contributed by atoms with Crippen molar-refractivity contribution >= 4 is 23.5 Å². The van der Waals surface area contributed by atoms with Gasteiger partial charge in [0.2, 0.25) is 0 Å². The molecule has 0 unspecified atom stereocenters. The molecule has 14 heavy (non-hydrogen) atoms. The van der Waals surface area contributed by atoms with E-state index >= 15 is 0 Å². The van der Waals surface area contributed by atoms with Crippen LogP contribution in [-0.4, -0.2) is 22.8 Å². The van der Waals surface area contributed by atoms with Crippen molar-refractivity contribution in [2.45, 2.75) is 0 Å². The lowest BCUT2D eigenvalue weighted by atomic mass is 10.0. The maximum atomic E-state index is 11.8. The third-order valence-corrected chi connectivity index (χ3v) is 2.19. The van der Waals surface area contributed by atoms with Crippen LogP contribution in [-0.2, 0) is 0 Å². The molecule has 2 aliphatic rings. The molecule has 4 heteroatoms. The van der Waals surface area contributed by atoms with Gasteiger partial charge in [-0.15, -0.1) is 0 Å². The van der Waals surface area contributed by atoms with E-state index in [-0.39, 0.29) is 5.78 Å². The normalized spacial score (nSPS) is 17.3. The fourth-order valence-corrected chi connectivity index (χ4v) is 1.52. The second-order valence-electron chi connectivity index (χ2n) is 3.02. The zero-order valence-electron chi connectivity index (χ0n) is 7.14. The van der Waals surface area contributed by atoms with Crippen LogP contribution < -0.4 is 0 Å². The Balaban J connectivity index is 2.31. The predicted octanol–water partition coefficient (Wildman–Crippen LogP) is 1.32. The van der Waals surface area contributed by atoms with Gasteiger partial charge in [0.05, 0.1) is 23.0 Å². The Kier molecular flexibility index (Phi) is 1.28. The quantitative estimate of drug-likeness (QED) is 0.609. The fourth-order valence-electron chi connectivity index (χ4n) is 1.52. The Morgan fingerprint density at radius 3 is 3.14 bits per heavy atom. The Labute approximate surface area is 79.7 Å². The van der Waals surface area contributed by atoms with E-state index in [0.717, 1.165) is 0 Å². The smallest absolute Gasteiger partial charge is 0.199 e. The molecule has 1 aromatic heterocycles. The molecule has 2 aliphatic heterocycles. The molecule has 0 aromatic carbocycles. The Morgan fingerprint density at radius 2 is 2.21 bits per heavy atom. The Morgan fingerprint density at radius 1 is 1.29 bits per heavy atom. The molecule has 0 saturated heterocycles. The summed E-state index contributed by atoms with van der Waals surface area (Å²) in [6, 6.07) is 1.68. The number of aromatic nitrogens is 1. The third kappa shape index (κ3) is 0.821. The van der Waals surface area contributed by atoms with E-state index in [1.807, 2.05) is 0 Å². The molecule has 0 spiro atoms. The summed E-state index contributed by atoms with van der Waals surface area (Å²) in [6.45, 7) is 0. The zero-order chi connectivity index (χ0) is 9.54. The standard InChI is InChI=1S/C10H5N3O/c14-9-6-1-3-11-5-8(6)13-10-7(9)2-4-12-10/h1-5H. The van der Waals surface area contributed by atoms with Crippen molar-refractivity contribution < 1.29 is 4.79 Å². The summed E-state index contributed by atoms with van der Waals surface area (Å²) in [5.74, 6) is 0.473. The molecule has 4 nitrogen and oxygen atoms in total. The van der Waals surface area contributed by atoms with E-state index in [1.54, 1.807) is 30.8 Å². The Hall–Kier alpha value is -2.10. The molecule has 0 radical (unpaired) electrons. The summed E-state index contributed by atoms with van der Waals surface area (Å²) < 4.78 is 0. The van der Waals surface area contributed by atoms with E-state index in [4.69, 9.17) is 0 Å². The summed E-state index contributed by atoms with van der Waals surface area (Å²) in [4.78, 5) is 24.0. The van der Waals surface area contributed by atoms with Crippen molar-refractivity contribution in [2.24, 2.45) is 9.98 Å². The highest BCUT2D eigenvalue weighted by atomic mass is 16.1. The lowest BCUT2D eigenvalue weighted by Gasteiger charge is -2.10. The minimum absolute atomic E-state index is 0.0232. The van der Waals surface area contributed by atoms with Crippen LogP contribution in [0.1, 0.15) is 10.4 Å². The third-order valence-electron chi connectivity index (χ3n) is 2.19. The molecule has 0 amide bonds. The first-order valence-corrected chi connectivity index (χ1v) is 4.18. The highest BCUT2D eigenvalue weighted by Gasteiger charge is 2.26. The average Bonchev–Trinajstić information content (AvgIpc) is 2.66. The summed E-state index contributed by atoms with van der Waals surface area (Å²) in [5, 5.41) is 0. The number of hydrogen-bond acceptors (Lipinski definition) is 4. The number of aliphatic imine (C=N–C) groups is 2. The minimum atomic E-state index is -0.0232. The van der Waals surface area contributed by atoms with Gasteiger partial charge in [0.25, 0.3) is 0 Å². The molecule has 0 atom stereocenters. The number of nitrogens with zero attached hydrogens (tertiary/aromatic N) is 3. The van der Waals surface area contributed by atoms with Crippen LogP contribution in [0.3, 0.4) is 0 Å². The first-order chi connectivity index (χ1) is 6.86. The number of ketones is 1. The van der Waals surface area contributed by atoms with E-state index in [9.17, 15) is 4.79 Å².